The summed E-state index contributed by atoms with van der Waals surface area (Å²) < 4.78 is 31.0. The molecule has 1 aromatic rings. The van der Waals surface area contributed by atoms with Gasteiger partial charge in [-0.05, 0) is 31.0 Å². The molecule has 9 heteroatoms. The van der Waals surface area contributed by atoms with Crippen LogP contribution in [0.15, 0.2) is 23.1 Å². The zero-order chi connectivity index (χ0) is 17.9. The molecule has 0 saturated heterocycles. The number of carbonyl (C=O) groups excluding carboxylic acids is 1. The molecular weight excluding hydrogens is 375 g/mol. The molecule has 0 aromatic heterocycles. The highest BCUT2D eigenvalue weighted by molar-refractivity contribution is 7.92. The molecule has 1 fully saturated rings. The Morgan fingerprint density at radius 3 is 2.71 bits per heavy atom. The van der Waals surface area contributed by atoms with Crippen molar-refractivity contribution in [1.82, 2.24) is 5.32 Å². The van der Waals surface area contributed by atoms with E-state index in [9.17, 15) is 13.2 Å². The number of halogens is 2. The Hall–Kier alpha value is -1.33. The molecule has 1 aromatic carbocycles. The van der Waals surface area contributed by atoms with Gasteiger partial charge in [-0.2, -0.15) is 5.26 Å². The van der Waals surface area contributed by atoms with E-state index in [-0.39, 0.29) is 35.2 Å². The molecule has 1 amide bonds. The first-order valence-electron chi connectivity index (χ1n) is 7.17. The highest BCUT2D eigenvalue weighted by atomic mass is 35.5. The highest BCUT2D eigenvalue weighted by Gasteiger charge is 2.45. The second-order valence-electron chi connectivity index (χ2n) is 5.47. The van der Waals surface area contributed by atoms with Crippen LogP contribution in [0.2, 0.25) is 10.0 Å². The number of amides is 1. The van der Waals surface area contributed by atoms with E-state index in [2.05, 4.69) is 5.32 Å². The molecule has 1 aliphatic rings. The van der Waals surface area contributed by atoms with Crippen LogP contribution in [0.4, 0.5) is 0 Å². The van der Waals surface area contributed by atoms with Gasteiger partial charge in [-0.25, -0.2) is 8.42 Å². The van der Waals surface area contributed by atoms with E-state index in [1.807, 2.05) is 6.07 Å². The lowest BCUT2D eigenvalue weighted by Gasteiger charge is -2.16. The van der Waals surface area contributed by atoms with Crippen molar-refractivity contribution in [1.29, 1.82) is 5.26 Å². The van der Waals surface area contributed by atoms with Gasteiger partial charge in [0, 0.05) is 12.1 Å². The number of ether oxygens (including phenoxy) is 1. The largest absolute Gasteiger partial charge is 0.381 e. The number of methoxy groups -OCH3 is 1. The minimum absolute atomic E-state index is 0.00787. The van der Waals surface area contributed by atoms with Gasteiger partial charge in [-0.1, -0.05) is 23.2 Å². The fraction of sp³-hybridized carbons (Fsp3) is 0.467. The van der Waals surface area contributed by atoms with Crippen molar-refractivity contribution < 1.29 is 17.9 Å². The van der Waals surface area contributed by atoms with E-state index in [4.69, 9.17) is 33.2 Å². The second kappa shape index (κ2) is 7.70. The van der Waals surface area contributed by atoms with Crippen LogP contribution in [-0.2, 0) is 19.4 Å². The smallest absolute Gasteiger partial charge is 0.226 e. The van der Waals surface area contributed by atoms with Crippen molar-refractivity contribution in [2.45, 2.75) is 29.1 Å². The molecule has 0 unspecified atom stereocenters. The molecule has 1 aliphatic carbocycles. The number of nitrogens with zero attached hydrogens (tertiary/aromatic N) is 1. The third kappa shape index (κ3) is 3.83. The SMILES string of the molecule is CO[C@H]1C[C@@H](S(=O)(=O)c2ccc(Cl)cc2Cl)C[C@@H]1C(=O)NCC#N. The summed E-state index contributed by atoms with van der Waals surface area (Å²) in [7, 11) is -2.30. The van der Waals surface area contributed by atoms with Crippen LogP contribution < -0.4 is 5.32 Å². The maximum absolute atomic E-state index is 12.8. The zero-order valence-electron chi connectivity index (χ0n) is 12.8. The van der Waals surface area contributed by atoms with Crippen molar-refractivity contribution in [2.75, 3.05) is 13.7 Å². The second-order valence-corrected chi connectivity index (χ2v) is 8.51. The summed E-state index contributed by atoms with van der Waals surface area (Å²) in [5.74, 6) is -1.02. The predicted molar refractivity (Wildman–Crippen MR) is 89.6 cm³/mol. The number of benzene rings is 1. The summed E-state index contributed by atoms with van der Waals surface area (Å²) in [5, 5.41) is 10.6. The molecule has 3 atom stereocenters. The number of sulfone groups is 1. The Balaban J connectivity index is 2.26. The Morgan fingerprint density at radius 1 is 1.42 bits per heavy atom. The number of carbonyl (C=O) groups is 1. The summed E-state index contributed by atoms with van der Waals surface area (Å²) in [4.78, 5) is 12.1. The molecular formula is C15H16Cl2N2O4S. The van der Waals surface area contributed by atoms with Crippen LogP contribution in [0.25, 0.3) is 0 Å². The average Bonchev–Trinajstić information content (AvgIpc) is 2.97. The first-order chi connectivity index (χ1) is 11.3. The maximum atomic E-state index is 12.8. The van der Waals surface area contributed by atoms with Gasteiger partial charge in [0.15, 0.2) is 9.84 Å². The third-order valence-electron chi connectivity index (χ3n) is 4.08. The molecule has 6 nitrogen and oxygen atoms in total. The summed E-state index contributed by atoms with van der Waals surface area (Å²) in [5.41, 5.74) is 0. The van der Waals surface area contributed by atoms with Crippen molar-refractivity contribution >= 4 is 38.9 Å². The van der Waals surface area contributed by atoms with Crippen molar-refractivity contribution in [3.63, 3.8) is 0 Å². The number of nitriles is 1. The Bertz CT molecular complexity index is 776. The lowest BCUT2D eigenvalue weighted by atomic mass is 10.1. The Labute approximate surface area is 150 Å². The van der Waals surface area contributed by atoms with Gasteiger partial charge in [0.25, 0.3) is 0 Å². The summed E-state index contributed by atoms with van der Waals surface area (Å²) in [6.07, 6.45) is -0.242. The summed E-state index contributed by atoms with van der Waals surface area (Å²) >= 11 is 11.8. The van der Waals surface area contributed by atoms with Gasteiger partial charge in [0.05, 0.1) is 33.3 Å². The van der Waals surface area contributed by atoms with E-state index in [1.54, 1.807) is 0 Å². The van der Waals surface area contributed by atoms with Crippen molar-refractivity contribution in [3.05, 3.63) is 28.2 Å². The van der Waals surface area contributed by atoms with Gasteiger partial charge in [-0.3, -0.25) is 4.79 Å². The van der Waals surface area contributed by atoms with E-state index in [0.717, 1.165) is 0 Å². The van der Waals surface area contributed by atoms with Crippen LogP contribution in [0.1, 0.15) is 12.8 Å². The lowest BCUT2D eigenvalue weighted by molar-refractivity contribution is -0.128. The first kappa shape index (κ1) is 19.0. The van der Waals surface area contributed by atoms with E-state index < -0.39 is 27.1 Å². The minimum atomic E-state index is -3.73. The van der Waals surface area contributed by atoms with Gasteiger partial charge in [0.2, 0.25) is 5.91 Å². The quantitative estimate of drug-likeness (QED) is 0.777. The minimum Gasteiger partial charge on any atom is -0.381 e. The standard InChI is InChI=1S/C15H16Cl2N2O4S/c1-23-13-8-10(7-11(13)15(20)19-5-4-18)24(21,22)14-3-2-9(16)6-12(14)17/h2-3,6,10-11,13H,5,7-8H2,1H3,(H,19,20)/t10-,11-,13-/m0/s1. The molecule has 2 rings (SSSR count). The fourth-order valence-corrected chi connectivity index (χ4v) is 5.47. The van der Waals surface area contributed by atoms with Gasteiger partial charge < -0.3 is 10.1 Å². The number of rotatable bonds is 5. The Kier molecular flexibility index (Phi) is 6.10. The fourth-order valence-electron chi connectivity index (χ4n) is 2.89. The topological polar surface area (TPSA) is 96.3 Å². The monoisotopic (exact) mass is 390 g/mol. The van der Waals surface area contributed by atoms with Gasteiger partial charge in [-0.15, -0.1) is 0 Å². The van der Waals surface area contributed by atoms with Crippen LogP contribution in [0.5, 0.6) is 0 Å². The number of hydrogen-bond acceptors (Lipinski definition) is 5. The molecule has 130 valence electrons. The lowest BCUT2D eigenvalue weighted by Crippen LogP contribution is -2.35. The van der Waals surface area contributed by atoms with Crippen molar-refractivity contribution in [3.8, 4) is 6.07 Å². The van der Waals surface area contributed by atoms with Crippen LogP contribution in [0.3, 0.4) is 0 Å². The average molecular weight is 391 g/mol. The van der Waals surface area contributed by atoms with Crippen LogP contribution in [-0.4, -0.2) is 39.3 Å². The molecule has 0 radical (unpaired) electrons. The molecule has 1 saturated carbocycles. The number of hydrogen-bond donors (Lipinski definition) is 1. The molecule has 24 heavy (non-hydrogen) atoms. The molecule has 0 heterocycles. The van der Waals surface area contributed by atoms with Crippen molar-refractivity contribution in [2.24, 2.45) is 5.92 Å². The number of nitrogens with one attached hydrogen (secondary N) is 1. The van der Waals surface area contributed by atoms with Gasteiger partial charge >= 0.3 is 0 Å². The molecule has 0 bridgehead atoms. The zero-order valence-corrected chi connectivity index (χ0v) is 15.2. The van der Waals surface area contributed by atoms with E-state index >= 15 is 0 Å². The summed E-state index contributed by atoms with van der Waals surface area (Å²) in [6, 6.07) is 6.01. The normalized spacial score (nSPS) is 23.7. The Morgan fingerprint density at radius 2 is 2.12 bits per heavy atom. The molecule has 0 aliphatic heterocycles. The third-order valence-corrected chi connectivity index (χ3v) is 6.97. The van der Waals surface area contributed by atoms with E-state index in [1.165, 1.54) is 25.3 Å². The predicted octanol–water partition coefficient (Wildman–Crippen LogP) is 2.20. The van der Waals surface area contributed by atoms with Gasteiger partial charge in [0.1, 0.15) is 6.54 Å². The highest BCUT2D eigenvalue weighted by Crippen LogP contribution is 2.38. The summed E-state index contributed by atoms with van der Waals surface area (Å²) in [6.45, 7) is -0.133. The molecule has 0 spiro atoms. The molecule has 1 N–H and O–H groups in total. The van der Waals surface area contributed by atoms with E-state index in [0.29, 0.717) is 5.02 Å². The van der Waals surface area contributed by atoms with Crippen LogP contribution >= 0.6 is 23.2 Å². The first-order valence-corrected chi connectivity index (χ1v) is 9.48. The maximum Gasteiger partial charge on any atom is 0.226 e. The van der Waals surface area contributed by atoms with Crippen LogP contribution in [0, 0.1) is 17.2 Å².